The molecule has 1 aliphatic heterocycles. The fraction of sp³-hybridized carbons (Fsp3) is 0.500. The van der Waals surface area contributed by atoms with Crippen molar-refractivity contribution in [1.82, 2.24) is 9.97 Å². The van der Waals surface area contributed by atoms with Gasteiger partial charge in [0.05, 0.1) is 35.9 Å². The molecule has 0 aliphatic carbocycles. The molecule has 0 saturated carbocycles. The van der Waals surface area contributed by atoms with E-state index in [1.807, 2.05) is 19.9 Å². The number of aryl methyl sites for hydroxylation is 1. The van der Waals surface area contributed by atoms with Gasteiger partial charge in [0, 0.05) is 25.8 Å². The smallest absolute Gasteiger partial charge is 0.303 e. The predicted octanol–water partition coefficient (Wildman–Crippen LogP) is 4.11. The Kier molecular flexibility index (Phi) is 7.04. The lowest BCUT2D eigenvalue weighted by Gasteiger charge is -2.36. The van der Waals surface area contributed by atoms with Gasteiger partial charge in [-0.1, -0.05) is 13.0 Å². The molecule has 156 valence electrons. The van der Waals surface area contributed by atoms with Crippen LogP contribution in [-0.4, -0.2) is 46.8 Å². The highest BCUT2D eigenvalue weighted by Crippen LogP contribution is 2.35. The first kappa shape index (κ1) is 21.0. The molecule has 3 rings (SSSR count). The molecule has 1 atom stereocenters. The molecule has 2 heterocycles. The molecule has 2 aromatic rings. The van der Waals surface area contributed by atoms with Gasteiger partial charge in [-0.05, 0) is 50.3 Å². The van der Waals surface area contributed by atoms with E-state index in [-0.39, 0.29) is 12.3 Å². The van der Waals surface area contributed by atoms with Crippen LogP contribution in [0.15, 0.2) is 30.6 Å². The Bertz CT molecular complexity index is 819. The Morgan fingerprint density at radius 2 is 2.00 bits per heavy atom. The lowest BCUT2D eigenvalue weighted by molar-refractivity contribution is -0.137. The number of ether oxygens (including phenoxy) is 1. The summed E-state index contributed by atoms with van der Waals surface area (Å²) in [6.07, 6.45) is 5.63. The molecule has 0 bridgehead atoms. The van der Waals surface area contributed by atoms with Crippen LogP contribution in [0.2, 0.25) is 0 Å². The van der Waals surface area contributed by atoms with E-state index in [1.165, 1.54) is 0 Å². The second kappa shape index (κ2) is 9.69. The van der Waals surface area contributed by atoms with Crippen molar-refractivity contribution in [2.75, 3.05) is 30.0 Å². The van der Waals surface area contributed by atoms with Crippen LogP contribution in [0.5, 0.6) is 0 Å². The minimum Gasteiger partial charge on any atom is -0.481 e. The number of aromatic nitrogens is 2. The van der Waals surface area contributed by atoms with Crippen molar-refractivity contribution in [3.8, 4) is 0 Å². The summed E-state index contributed by atoms with van der Waals surface area (Å²) >= 11 is 0. The standard InChI is InChI=1S/C22H30N4O3/c1-4-26(19-7-9-29-10-8-19)21-6-5-17(15(2)11-22(27)28)12-20(21)25-18-13-23-16(3)24-14-18/h5-6,12-15,19,25H,4,7-11H2,1-3H3,(H,27,28). The van der Waals surface area contributed by atoms with Crippen LogP contribution in [0, 0.1) is 6.92 Å². The summed E-state index contributed by atoms with van der Waals surface area (Å²) in [6, 6.07) is 6.63. The number of nitrogens with zero attached hydrogens (tertiary/aromatic N) is 3. The molecule has 1 aromatic carbocycles. The van der Waals surface area contributed by atoms with E-state index in [1.54, 1.807) is 12.4 Å². The van der Waals surface area contributed by atoms with E-state index in [9.17, 15) is 9.90 Å². The average molecular weight is 399 g/mol. The van der Waals surface area contributed by atoms with Crippen LogP contribution in [0.1, 0.15) is 50.4 Å². The zero-order chi connectivity index (χ0) is 20.8. The average Bonchev–Trinajstić information content (AvgIpc) is 2.71. The minimum absolute atomic E-state index is 0.0745. The molecule has 1 unspecified atom stereocenters. The number of benzene rings is 1. The van der Waals surface area contributed by atoms with Crippen LogP contribution in [0.25, 0.3) is 0 Å². The first-order chi connectivity index (χ1) is 14.0. The van der Waals surface area contributed by atoms with Crippen LogP contribution in [0.4, 0.5) is 17.1 Å². The van der Waals surface area contributed by atoms with Crippen molar-refractivity contribution in [1.29, 1.82) is 0 Å². The fourth-order valence-corrected chi connectivity index (χ4v) is 3.83. The number of hydrogen-bond donors (Lipinski definition) is 2. The van der Waals surface area contributed by atoms with Gasteiger partial charge in [-0.25, -0.2) is 9.97 Å². The number of carboxylic acid groups (broad SMARTS) is 1. The molecular formula is C22H30N4O3. The SMILES string of the molecule is CCN(c1ccc(C(C)CC(=O)O)cc1Nc1cnc(C)nc1)C1CCOCC1. The molecule has 1 aromatic heterocycles. The topological polar surface area (TPSA) is 87.6 Å². The van der Waals surface area contributed by atoms with Gasteiger partial charge in [0.1, 0.15) is 5.82 Å². The van der Waals surface area contributed by atoms with Gasteiger partial charge in [-0.2, -0.15) is 0 Å². The Morgan fingerprint density at radius 3 is 2.62 bits per heavy atom. The summed E-state index contributed by atoms with van der Waals surface area (Å²) in [4.78, 5) is 22.1. The highest BCUT2D eigenvalue weighted by molar-refractivity contribution is 5.76. The van der Waals surface area contributed by atoms with Crippen LogP contribution >= 0.6 is 0 Å². The summed E-state index contributed by atoms with van der Waals surface area (Å²) < 4.78 is 5.54. The molecule has 0 spiro atoms. The van der Waals surface area contributed by atoms with Gasteiger partial charge in [-0.3, -0.25) is 4.79 Å². The molecule has 1 aliphatic rings. The lowest BCUT2D eigenvalue weighted by Crippen LogP contribution is -2.39. The first-order valence-electron chi connectivity index (χ1n) is 10.2. The minimum atomic E-state index is -0.791. The Balaban J connectivity index is 1.96. The Labute approximate surface area is 172 Å². The van der Waals surface area contributed by atoms with E-state index < -0.39 is 5.97 Å². The summed E-state index contributed by atoms with van der Waals surface area (Å²) in [5, 5.41) is 12.6. The Hall–Kier alpha value is -2.67. The number of rotatable bonds is 8. The van der Waals surface area contributed by atoms with Crippen LogP contribution in [0.3, 0.4) is 0 Å². The molecule has 0 amide bonds. The zero-order valence-electron chi connectivity index (χ0n) is 17.4. The van der Waals surface area contributed by atoms with E-state index in [4.69, 9.17) is 4.74 Å². The summed E-state index contributed by atoms with van der Waals surface area (Å²) in [7, 11) is 0. The van der Waals surface area contributed by atoms with Crippen molar-refractivity contribution in [3.63, 3.8) is 0 Å². The number of carboxylic acids is 1. The van der Waals surface area contributed by atoms with Crippen molar-refractivity contribution >= 4 is 23.0 Å². The lowest BCUT2D eigenvalue weighted by atomic mass is 9.96. The molecule has 1 saturated heterocycles. The van der Waals surface area contributed by atoms with Crippen molar-refractivity contribution in [2.45, 2.75) is 52.0 Å². The van der Waals surface area contributed by atoms with E-state index >= 15 is 0 Å². The number of aliphatic carboxylic acids is 1. The van der Waals surface area contributed by atoms with Gasteiger partial charge in [0.25, 0.3) is 0 Å². The highest BCUT2D eigenvalue weighted by atomic mass is 16.5. The maximum absolute atomic E-state index is 11.2. The summed E-state index contributed by atoms with van der Waals surface area (Å²) in [5.41, 5.74) is 3.85. The van der Waals surface area contributed by atoms with Gasteiger partial charge in [-0.15, -0.1) is 0 Å². The largest absolute Gasteiger partial charge is 0.481 e. The number of nitrogens with one attached hydrogen (secondary N) is 1. The predicted molar refractivity (Wildman–Crippen MR) is 114 cm³/mol. The fourth-order valence-electron chi connectivity index (χ4n) is 3.83. The van der Waals surface area contributed by atoms with Gasteiger partial charge in [0.15, 0.2) is 0 Å². The summed E-state index contributed by atoms with van der Waals surface area (Å²) in [5.74, 6) is -0.146. The quantitative estimate of drug-likeness (QED) is 0.692. The third-order valence-corrected chi connectivity index (χ3v) is 5.41. The highest BCUT2D eigenvalue weighted by Gasteiger charge is 2.23. The van der Waals surface area contributed by atoms with Crippen LogP contribution < -0.4 is 10.2 Å². The maximum atomic E-state index is 11.2. The van der Waals surface area contributed by atoms with Crippen LogP contribution in [-0.2, 0) is 9.53 Å². The molecule has 2 N–H and O–H groups in total. The van der Waals surface area contributed by atoms with Gasteiger partial charge < -0.3 is 20.1 Å². The van der Waals surface area contributed by atoms with E-state index in [0.29, 0.717) is 6.04 Å². The molecule has 1 fully saturated rings. The van der Waals surface area contributed by atoms with E-state index in [0.717, 1.165) is 61.1 Å². The molecule has 7 heteroatoms. The number of hydrogen-bond acceptors (Lipinski definition) is 6. The monoisotopic (exact) mass is 398 g/mol. The normalized spacial score (nSPS) is 15.7. The first-order valence-corrected chi connectivity index (χ1v) is 10.2. The molecule has 7 nitrogen and oxygen atoms in total. The Morgan fingerprint density at radius 1 is 1.31 bits per heavy atom. The van der Waals surface area contributed by atoms with Gasteiger partial charge >= 0.3 is 5.97 Å². The maximum Gasteiger partial charge on any atom is 0.303 e. The van der Waals surface area contributed by atoms with Crippen molar-refractivity contribution in [3.05, 3.63) is 42.0 Å². The van der Waals surface area contributed by atoms with Crippen molar-refractivity contribution in [2.24, 2.45) is 0 Å². The summed E-state index contributed by atoms with van der Waals surface area (Å²) in [6.45, 7) is 8.40. The third-order valence-electron chi connectivity index (χ3n) is 5.41. The van der Waals surface area contributed by atoms with Crippen molar-refractivity contribution < 1.29 is 14.6 Å². The van der Waals surface area contributed by atoms with E-state index in [2.05, 4.69) is 39.2 Å². The van der Waals surface area contributed by atoms with Gasteiger partial charge in [0.2, 0.25) is 0 Å². The molecular weight excluding hydrogens is 368 g/mol. The zero-order valence-corrected chi connectivity index (χ0v) is 17.4. The second-order valence-corrected chi connectivity index (χ2v) is 7.55. The molecule has 0 radical (unpaired) electrons. The third kappa shape index (κ3) is 5.44. The number of anilines is 3. The second-order valence-electron chi connectivity index (χ2n) is 7.55. The number of carbonyl (C=O) groups is 1. The molecule has 29 heavy (non-hydrogen) atoms.